The highest BCUT2D eigenvalue weighted by Gasteiger charge is 2.45. The fourth-order valence-electron chi connectivity index (χ4n) is 3.84. The van der Waals surface area contributed by atoms with E-state index in [1.165, 1.54) is 5.56 Å². The van der Waals surface area contributed by atoms with Crippen molar-refractivity contribution in [2.45, 2.75) is 45.1 Å². The van der Waals surface area contributed by atoms with Gasteiger partial charge in [-0.05, 0) is 37.4 Å². The van der Waals surface area contributed by atoms with Gasteiger partial charge in [0.2, 0.25) is 0 Å². The zero-order valence-corrected chi connectivity index (χ0v) is 13.6. The summed E-state index contributed by atoms with van der Waals surface area (Å²) in [5, 5.41) is 9.59. The molecule has 4 nitrogen and oxygen atoms in total. The highest BCUT2D eigenvalue weighted by molar-refractivity contribution is 5.59. The smallest absolute Gasteiger partial charge is 0.137 e. The van der Waals surface area contributed by atoms with Crippen LogP contribution in [0.25, 0.3) is 0 Å². The molecule has 1 fully saturated rings. The quantitative estimate of drug-likeness (QED) is 0.854. The average Bonchev–Trinajstić information content (AvgIpc) is 2.79. The van der Waals surface area contributed by atoms with Crippen molar-refractivity contribution in [1.29, 1.82) is 0 Å². The maximum Gasteiger partial charge on any atom is 0.137 e. The molecule has 1 atom stereocenters. The Balaban J connectivity index is 1.77. The normalized spacial score (nSPS) is 22.1. The summed E-state index contributed by atoms with van der Waals surface area (Å²) in [5.41, 5.74) is 1.22. The van der Waals surface area contributed by atoms with E-state index in [1.807, 2.05) is 6.07 Å². The molecule has 0 bridgehead atoms. The molecule has 0 aromatic heterocycles. The van der Waals surface area contributed by atoms with Crippen molar-refractivity contribution in [3.63, 3.8) is 0 Å². The lowest BCUT2D eigenvalue weighted by molar-refractivity contribution is -0.116. The predicted molar refractivity (Wildman–Crippen MR) is 85.4 cm³/mol. The van der Waals surface area contributed by atoms with Crippen LogP contribution >= 0.6 is 0 Å². The Morgan fingerprint density at radius 3 is 2.59 bits per heavy atom. The Labute approximate surface area is 132 Å². The third-order valence-corrected chi connectivity index (χ3v) is 5.21. The lowest BCUT2D eigenvalue weighted by atomic mass is 9.73. The van der Waals surface area contributed by atoms with E-state index in [2.05, 4.69) is 25.7 Å². The molecular weight excluding hydrogens is 278 g/mol. The molecule has 0 radical (unpaired) electrons. The van der Waals surface area contributed by atoms with Crippen LogP contribution in [-0.2, 0) is 10.2 Å². The first kappa shape index (κ1) is 15.3. The molecule has 1 aromatic carbocycles. The molecule has 1 spiro atoms. The van der Waals surface area contributed by atoms with Gasteiger partial charge in [0.05, 0.1) is 12.6 Å². The lowest BCUT2D eigenvalue weighted by Crippen LogP contribution is -2.52. The molecule has 0 aliphatic carbocycles. The summed E-state index contributed by atoms with van der Waals surface area (Å²) < 4.78 is 5.81. The van der Waals surface area contributed by atoms with E-state index in [4.69, 9.17) is 4.74 Å². The zero-order valence-electron chi connectivity index (χ0n) is 13.6. The van der Waals surface area contributed by atoms with Gasteiger partial charge in [0, 0.05) is 17.0 Å². The van der Waals surface area contributed by atoms with Crippen LogP contribution < -0.4 is 4.74 Å². The van der Waals surface area contributed by atoms with Crippen LogP contribution in [0.3, 0.4) is 0 Å². The van der Waals surface area contributed by atoms with Crippen molar-refractivity contribution in [2.75, 3.05) is 19.7 Å². The molecule has 1 unspecified atom stereocenters. The standard InChI is InChI=1S/C18H25NO3/c1-17(2,3)16(11-20)19-8-6-18(7-9-19)12-22-15-10-13(21)4-5-14(15)18/h4-5,10-11,16,21H,6-9,12H2,1-3H3. The predicted octanol–water partition coefficient (Wildman–Crippen LogP) is 2.73. The van der Waals surface area contributed by atoms with Crippen LogP contribution in [0.4, 0.5) is 0 Å². The molecular formula is C18H25NO3. The number of aromatic hydroxyl groups is 1. The van der Waals surface area contributed by atoms with Gasteiger partial charge < -0.3 is 14.6 Å². The van der Waals surface area contributed by atoms with Crippen molar-refractivity contribution in [3.05, 3.63) is 23.8 Å². The topological polar surface area (TPSA) is 49.8 Å². The first-order valence-electron chi connectivity index (χ1n) is 8.01. The molecule has 2 aliphatic heterocycles. The third kappa shape index (κ3) is 2.50. The molecule has 22 heavy (non-hydrogen) atoms. The molecule has 2 aliphatic rings. The van der Waals surface area contributed by atoms with E-state index in [9.17, 15) is 9.90 Å². The fraction of sp³-hybridized carbons (Fsp3) is 0.611. The number of ether oxygens (including phenoxy) is 1. The fourth-order valence-corrected chi connectivity index (χ4v) is 3.84. The number of rotatable bonds is 2. The Morgan fingerprint density at radius 1 is 1.32 bits per heavy atom. The minimum absolute atomic E-state index is 0.0357. The van der Waals surface area contributed by atoms with Crippen molar-refractivity contribution >= 4 is 6.29 Å². The number of hydrogen-bond donors (Lipinski definition) is 1. The second kappa shape index (κ2) is 5.27. The SMILES string of the molecule is CC(C)(C)C(C=O)N1CCC2(CC1)COc1cc(O)ccc12. The van der Waals surface area contributed by atoms with Gasteiger partial charge in [-0.15, -0.1) is 0 Å². The molecule has 4 heteroatoms. The van der Waals surface area contributed by atoms with Crippen molar-refractivity contribution < 1.29 is 14.6 Å². The van der Waals surface area contributed by atoms with Gasteiger partial charge in [-0.3, -0.25) is 4.90 Å². The number of phenolic OH excluding ortho intramolecular Hbond substituents is 1. The number of nitrogens with zero attached hydrogens (tertiary/aromatic N) is 1. The highest BCUT2D eigenvalue weighted by atomic mass is 16.5. The molecule has 0 saturated carbocycles. The number of fused-ring (bicyclic) bond motifs is 2. The van der Waals surface area contributed by atoms with Gasteiger partial charge in [-0.25, -0.2) is 0 Å². The van der Waals surface area contributed by atoms with Gasteiger partial charge in [-0.2, -0.15) is 0 Å². The molecule has 3 rings (SSSR count). The van der Waals surface area contributed by atoms with Crippen LogP contribution in [0.5, 0.6) is 11.5 Å². The first-order chi connectivity index (χ1) is 10.4. The van der Waals surface area contributed by atoms with E-state index in [0.29, 0.717) is 6.61 Å². The summed E-state index contributed by atoms with van der Waals surface area (Å²) in [6.45, 7) is 8.85. The van der Waals surface area contributed by atoms with Crippen LogP contribution in [0, 0.1) is 5.41 Å². The summed E-state index contributed by atoms with van der Waals surface area (Å²) in [6.07, 6.45) is 3.07. The Hall–Kier alpha value is -1.55. The van der Waals surface area contributed by atoms with Crippen LogP contribution in [0.15, 0.2) is 18.2 Å². The van der Waals surface area contributed by atoms with Crippen molar-refractivity contribution in [2.24, 2.45) is 5.41 Å². The van der Waals surface area contributed by atoms with Gasteiger partial charge in [0.1, 0.15) is 17.8 Å². The summed E-state index contributed by atoms with van der Waals surface area (Å²) in [6, 6.07) is 5.41. The monoisotopic (exact) mass is 303 g/mol. The van der Waals surface area contributed by atoms with E-state index in [-0.39, 0.29) is 22.6 Å². The van der Waals surface area contributed by atoms with Crippen LogP contribution in [0.1, 0.15) is 39.2 Å². The number of piperidine rings is 1. The van der Waals surface area contributed by atoms with E-state index in [0.717, 1.165) is 38.0 Å². The van der Waals surface area contributed by atoms with Crippen molar-refractivity contribution in [1.82, 2.24) is 4.90 Å². The molecule has 1 N–H and O–H groups in total. The van der Waals surface area contributed by atoms with Gasteiger partial charge in [0.25, 0.3) is 0 Å². The first-order valence-corrected chi connectivity index (χ1v) is 8.01. The number of aldehydes is 1. The third-order valence-electron chi connectivity index (χ3n) is 5.21. The maximum absolute atomic E-state index is 11.5. The number of carbonyl (C=O) groups is 1. The van der Waals surface area contributed by atoms with Gasteiger partial charge in [-0.1, -0.05) is 26.8 Å². The number of hydrogen-bond acceptors (Lipinski definition) is 4. The Bertz CT molecular complexity index is 568. The van der Waals surface area contributed by atoms with Crippen molar-refractivity contribution in [3.8, 4) is 11.5 Å². The molecule has 120 valence electrons. The van der Waals surface area contributed by atoms with Crippen LogP contribution in [-0.4, -0.2) is 42.0 Å². The van der Waals surface area contributed by atoms with E-state index in [1.54, 1.807) is 12.1 Å². The van der Waals surface area contributed by atoms with Crippen LogP contribution in [0.2, 0.25) is 0 Å². The summed E-state index contributed by atoms with van der Waals surface area (Å²) >= 11 is 0. The maximum atomic E-state index is 11.5. The van der Waals surface area contributed by atoms with E-state index < -0.39 is 0 Å². The molecule has 1 saturated heterocycles. The highest BCUT2D eigenvalue weighted by Crippen LogP contribution is 2.47. The summed E-state index contributed by atoms with van der Waals surface area (Å²) in [4.78, 5) is 13.8. The Morgan fingerprint density at radius 2 is 2.00 bits per heavy atom. The average molecular weight is 303 g/mol. The Kier molecular flexibility index (Phi) is 3.68. The second-order valence-electron chi connectivity index (χ2n) is 7.73. The number of benzene rings is 1. The number of likely N-dealkylation sites (tertiary alicyclic amines) is 1. The number of phenols is 1. The second-order valence-corrected chi connectivity index (χ2v) is 7.73. The van der Waals surface area contributed by atoms with E-state index >= 15 is 0 Å². The zero-order chi connectivity index (χ0) is 16.0. The molecule has 2 heterocycles. The largest absolute Gasteiger partial charge is 0.508 e. The number of carbonyl (C=O) groups excluding carboxylic acids is 1. The minimum atomic E-state index is -0.0396. The summed E-state index contributed by atoms with van der Waals surface area (Å²) in [7, 11) is 0. The lowest BCUT2D eigenvalue weighted by Gasteiger charge is -2.44. The van der Waals surface area contributed by atoms with Gasteiger partial charge >= 0.3 is 0 Å². The molecule has 0 amide bonds. The molecule has 1 aromatic rings. The summed E-state index contributed by atoms with van der Waals surface area (Å²) in [5.74, 6) is 1.07. The minimum Gasteiger partial charge on any atom is -0.508 e. The van der Waals surface area contributed by atoms with Gasteiger partial charge in [0.15, 0.2) is 0 Å².